The maximum Gasteiger partial charge on any atom is 0.229 e. The number of carbonyl (C=O) groups excluding carboxylic acids is 1. The third-order valence-electron chi connectivity index (χ3n) is 5.96. The number of aromatic nitrogens is 2. The minimum Gasteiger partial charge on any atom is -0.454 e. The summed E-state index contributed by atoms with van der Waals surface area (Å²) >= 11 is 6.19. The van der Waals surface area contributed by atoms with Crippen LogP contribution in [0, 0.1) is 31.1 Å². The lowest BCUT2D eigenvalue weighted by Gasteiger charge is -2.34. The van der Waals surface area contributed by atoms with Crippen LogP contribution in [0.3, 0.4) is 0 Å². The summed E-state index contributed by atoms with van der Waals surface area (Å²) in [6.45, 7) is 7.21. The highest BCUT2D eigenvalue weighted by molar-refractivity contribution is 6.31. The van der Waals surface area contributed by atoms with E-state index in [9.17, 15) is 4.79 Å². The van der Waals surface area contributed by atoms with Crippen LogP contribution in [0.4, 0.5) is 0 Å². The number of carbonyl (C=O) groups is 1. The molecular weight excluding hydrogens is 426 g/mol. The van der Waals surface area contributed by atoms with E-state index in [1.54, 1.807) is 16.8 Å². The van der Waals surface area contributed by atoms with Crippen molar-refractivity contribution in [2.45, 2.75) is 20.3 Å². The Balaban J connectivity index is 1.45. The number of piperazine rings is 1. The fraction of sp³-hybridized carbons (Fsp3) is 0.375. The van der Waals surface area contributed by atoms with Crippen molar-refractivity contribution in [1.29, 1.82) is 5.26 Å². The van der Waals surface area contributed by atoms with Crippen LogP contribution in [-0.4, -0.2) is 58.7 Å². The van der Waals surface area contributed by atoms with Crippen LogP contribution in [0.1, 0.15) is 23.4 Å². The molecule has 1 aromatic heterocycles. The Morgan fingerprint density at radius 3 is 2.62 bits per heavy atom. The van der Waals surface area contributed by atoms with Gasteiger partial charge in [0.05, 0.1) is 27.9 Å². The number of likely N-dealkylation sites (N-methyl/N-ethyl adjacent to an activating group) is 1. The van der Waals surface area contributed by atoms with Gasteiger partial charge in [-0.15, -0.1) is 0 Å². The molecular formula is C24H26ClN5O2. The van der Waals surface area contributed by atoms with Gasteiger partial charge in [-0.1, -0.05) is 17.7 Å². The summed E-state index contributed by atoms with van der Waals surface area (Å²) in [5.74, 6) is 1.42. The smallest absolute Gasteiger partial charge is 0.229 e. The molecule has 1 unspecified atom stereocenters. The Labute approximate surface area is 193 Å². The number of hydrogen-bond donors (Lipinski definition) is 0. The molecule has 0 bridgehead atoms. The molecule has 0 spiro atoms. The fourth-order valence-electron chi connectivity index (χ4n) is 3.99. The van der Waals surface area contributed by atoms with E-state index < -0.39 is 0 Å². The highest BCUT2D eigenvalue weighted by atomic mass is 35.5. The molecule has 1 aliphatic heterocycles. The quantitative estimate of drug-likeness (QED) is 0.709. The second-order valence-corrected chi connectivity index (χ2v) is 8.63. The zero-order chi connectivity index (χ0) is 22.8. The number of halogens is 1. The normalized spacial score (nSPS) is 18.9. The Hall–Kier alpha value is -3.08. The van der Waals surface area contributed by atoms with Crippen molar-refractivity contribution >= 4 is 17.5 Å². The van der Waals surface area contributed by atoms with Crippen LogP contribution in [0.15, 0.2) is 42.2 Å². The molecule has 8 heteroatoms. The molecule has 0 N–H and O–H groups in total. The predicted molar refractivity (Wildman–Crippen MR) is 123 cm³/mol. The average molecular weight is 452 g/mol. The second kappa shape index (κ2) is 9.19. The van der Waals surface area contributed by atoms with Gasteiger partial charge in [0.15, 0.2) is 5.75 Å². The molecule has 1 atom stereocenters. The standard InChI is InChI=1S/C24H26ClN5O2/c1-16-23(17(2)30(27-16)20-7-4-19(15-26)22(25)14-20)32-21-8-5-18(6-9-21)24(31)29-12-10-28(3)11-13-29/h4-5,7-9,14,18H,6,10-13H2,1-3H3. The molecule has 1 saturated heterocycles. The van der Waals surface area contributed by atoms with Gasteiger partial charge in [-0.25, -0.2) is 4.68 Å². The lowest BCUT2D eigenvalue weighted by molar-refractivity contribution is -0.135. The summed E-state index contributed by atoms with van der Waals surface area (Å²) in [5, 5.41) is 14.1. The van der Waals surface area contributed by atoms with Gasteiger partial charge < -0.3 is 14.5 Å². The number of hydrogen-bond acceptors (Lipinski definition) is 5. The largest absolute Gasteiger partial charge is 0.454 e. The van der Waals surface area contributed by atoms with Crippen LogP contribution >= 0.6 is 11.6 Å². The maximum absolute atomic E-state index is 12.8. The minimum atomic E-state index is -0.142. The molecule has 2 heterocycles. The van der Waals surface area contributed by atoms with E-state index in [-0.39, 0.29) is 11.8 Å². The summed E-state index contributed by atoms with van der Waals surface area (Å²) in [6, 6.07) is 7.27. The number of nitriles is 1. The molecule has 7 nitrogen and oxygen atoms in total. The van der Waals surface area contributed by atoms with E-state index in [1.165, 1.54) is 0 Å². The number of aryl methyl sites for hydroxylation is 1. The molecule has 2 aliphatic rings. The Morgan fingerprint density at radius 2 is 2.00 bits per heavy atom. The summed E-state index contributed by atoms with van der Waals surface area (Å²) in [4.78, 5) is 17.0. The molecule has 0 saturated carbocycles. The van der Waals surface area contributed by atoms with E-state index in [1.807, 2.05) is 43.0 Å². The minimum absolute atomic E-state index is 0.142. The van der Waals surface area contributed by atoms with Crippen molar-refractivity contribution in [3.63, 3.8) is 0 Å². The van der Waals surface area contributed by atoms with E-state index in [4.69, 9.17) is 21.6 Å². The van der Waals surface area contributed by atoms with Gasteiger partial charge in [0.25, 0.3) is 0 Å². The third kappa shape index (κ3) is 4.43. The van der Waals surface area contributed by atoms with Crippen LogP contribution in [-0.2, 0) is 4.79 Å². The first-order valence-electron chi connectivity index (χ1n) is 10.7. The highest BCUT2D eigenvalue weighted by Gasteiger charge is 2.26. The molecule has 1 fully saturated rings. The number of ether oxygens (including phenoxy) is 1. The predicted octanol–water partition coefficient (Wildman–Crippen LogP) is 3.63. The highest BCUT2D eigenvalue weighted by Crippen LogP contribution is 2.30. The van der Waals surface area contributed by atoms with Crippen molar-refractivity contribution in [3.05, 3.63) is 64.2 Å². The summed E-state index contributed by atoms with van der Waals surface area (Å²) < 4.78 is 7.91. The lowest BCUT2D eigenvalue weighted by Crippen LogP contribution is -2.48. The van der Waals surface area contributed by atoms with Crippen LogP contribution < -0.4 is 4.74 Å². The molecule has 1 aromatic carbocycles. The average Bonchev–Trinajstić information content (AvgIpc) is 3.08. The first-order chi connectivity index (χ1) is 15.4. The molecule has 1 amide bonds. The first-order valence-corrected chi connectivity index (χ1v) is 11.0. The molecule has 166 valence electrons. The van der Waals surface area contributed by atoms with Gasteiger partial charge in [0.1, 0.15) is 17.5 Å². The van der Waals surface area contributed by atoms with E-state index in [0.29, 0.717) is 28.5 Å². The fourth-order valence-corrected chi connectivity index (χ4v) is 4.21. The zero-order valence-electron chi connectivity index (χ0n) is 18.5. The van der Waals surface area contributed by atoms with Gasteiger partial charge in [-0.2, -0.15) is 10.4 Å². The SMILES string of the molecule is Cc1nn(-c2ccc(C#N)c(Cl)c2)c(C)c1OC1=CCC(C(=O)N2CCN(C)CC2)C=C1. The molecule has 1 aliphatic carbocycles. The van der Waals surface area contributed by atoms with Gasteiger partial charge in [-0.3, -0.25) is 4.79 Å². The summed E-state index contributed by atoms with van der Waals surface area (Å²) in [5.41, 5.74) is 2.75. The number of nitrogens with zero attached hydrogens (tertiary/aromatic N) is 5. The number of amides is 1. The van der Waals surface area contributed by atoms with Crippen LogP contribution in [0.2, 0.25) is 5.02 Å². The Morgan fingerprint density at radius 1 is 1.25 bits per heavy atom. The first kappa shape index (κ1) is 22.1. The topological polar surface area (TPSA) is 74.4 Å². The number of rotatable bonds is 4. The summed E-state index contributed by atoms with van der Waals surface area (Å²) in [7, 11) is 2.08. The molecule has 32 heavy (non-hydrogen) atoms. The Kier molecular flexibility index (Phi) is 6.35. The van der Waals surface area contributed by atoms with Gasteiger partial charge in [0.2, 0.25) is 5.91 Å². The van der Waals surface area contributed by atoms with E-state index in [2.05, 4.69) is 23.1 Å². The third-order valence-corrected chi connectivity index (χ3v) is 6.27. The maximum atomic E-state index is 12.8. The molecule has 0 radical (unpaired) electrons. The van der Waals surface area contributed by atoms with E-state index >= 15 is 0 Å². The summed E-state index contributed by atoms with van der Waals surface area (Å²) in [6.07, 6.45) is 6.39. The van der Waals surface area contributed by atoms with Crippen LogP contribution in [0.25, 0.3) is 5.69 Å². The van der Waals surface area contributed by atoms with E-state index in [0.717, 1.165) is 43.3 Å². The molecule has 2 aromatic rings. The van der Waals surface area contributed by atoms with Crippen molar-refractivity contribution in [2.75, 3.05) is 33.2 Å². The monoisotopic (exact) mass is 451 g/mol. The van der Waals surface area contributed by atoms with Gasteiger partial charge in [-0.05, 0) is 57.7 Å². The Bertz CT molecular complexity index is 1140. The van der Waals surface area contributed by atoms with Crippen molar-refractivity contribution < 1.29 is 9.53 Å². The van der Waals surface area contributed by atoms with Gasteiger partial charge in [0, 0.05) is 26.2 Å². The second-order valence-electron chi connectivity index (χ2n) is 8.23. The zero-order valence-corrected chi connectivity index (χ0v) is 19.3. The number of benzene rings is 1. The lowest BCUT2D eigenvalue weighted by atomic mass is 9.98. The van der Waals surface area contributed by atoms with Crippen molar-refractivity contribution in [1.82, 2.24) is 19.6 Å². The number of allylic oxidation sites excluding steroid dienone is 2. The van der Waals surface area contributed by atoms with Gasteiger partial charge >= 0.3 is 0 Å². The van der Waals surface area contributed by atoms with Crippen LogP contribution in [0.5, 0.6) is 5.75 Å². The van der Waals surface area contributed by atoms with Crippen molar-refractivity contribution in [3.8, 4) is 17.5 Å². The van der Waals surface area contributed by atoms with Crippen molar-refractivity contribution in [2.24, 2.45) is 5.92 Å². The molecule has 4 rings (SSSR count).